The molecule has 0 spiro atoms. The molecule has 206 valence electrons. The van der Waals surface area contributed by atoms with Crippen LogP contribution in [0.3, 0.4) is 0 Å². The Labute approximate surface area is 241 Å². The van der Waals surface area contributed by atoms with E-state index >= 15 is 0 Å². The Bertz CT molecular complexity index is 1590. The number of alkyl carbamates (subject to hydrolysis) is 1. The van der Waals surface area contributed by atoms with E-state index in [0.717, 1.165) is 46.4 Å². The molecule has 3 heterocycles. The molecule has 3 aromatic carbocycles. The maximum absolute atomic E-state index is 13.4. The number of likely N-dealkylation sites (tertiary alicyclic amines) is 1. The zero-order valence-electron chi connectivity index (χ0n) is 23.2. The maximum Gasteiger partial charge on any atom is 0.407 e. The van der Waals surface area contributed by atoms with Crippen LogP contribution in [-0.4, -0.2) is 60.4 Å². The van der Waals surface area contributed by atoms with E-state index in [1.54, 1.807) is 6.33 Å². The van der Waals surface area contributed by atoms with Crippen molar-refractivity contribution in [1.29, 1.82) is 0 Å². The Hall–Kier alpha value is -4.40. The molecule has 1 aromatic heterocycles. The van der Waals surface area contributed by atoms with E-state index in [1.807, 2.05) is 66.4 Å². The molecule has 41 heavy (non-hydrogen) atoms. The normalized spacial score (nSPS) is 15.4. The molecule has 8 nitrogen and oxygen atoms in total. The average Bonchev–Trinajstić information content (AvgIpc) is 3.00. The van der Waals surface area contributed by atoms with Crippen molar-refractivity contribution in [3.05, 3.63) is 94.8 Å². The minimum Gasteiger partial charge on any atom is -0.445 e. The van der Waals surface area contributed by atoms with Crippen molar-refractivity contribution in [2.24, 2.45) is 0 Å². The van der Waals surface area contributed by atoms with Crippen LogP contribution >= 0.6 is 0 Å². The monoisotopic (exact) mass is 545 g/mol. The van der Waals surface area contributed by atoms with E-state index in [-0.39, 0.29) is 18.6 Å². The second-order valence-electron chi connectivity index (χ2n) is 10.9. The number of anilines is 1. The molecular formula is C32H32BN5O3. The molecule has 2 radical (unpaired) electrons. The smallest absolute Gasteiger partial charge is 0.407 e. The number of fused-ring (bicyclic) bond motifs is 2. The van der Waals surface area contributed by atoms with Gasteiger partial charge in [-0.15, -0.1) is 0 Å². The van der Waals surface area contributed by atoms with Crippen LogP contribution in [0.4, 0.5) is 10.6 Å². The minimum atomic E-state index is -0.424. The van der Waals surface area contributed by atoms with E-state index in [1.165, 1.54) is 5.56 Å². The number of ether oxygens (including phenoxy) is 1. The molecule has 0 bridgehead atoms. The van der Waals surface area contributed by atoms with Gasteiger partial charge in [-0.25, -0.2) is 14.8 Å². The molecule has 0 aliphatic carbocycles. The van der Waals surface area contributed by atoms with E-state index in [0.29, 0.717) is 43.5 Å². The van der Waals surface area contributed by atoms with Gasteiger partial charge in [-0.3, -0.25) is 4.79 Å². The highest BCUT2D eigenvalue weighted by Gasteiger charge is 2.27. The van der Waals surface area contributed by atoms with Gasteiger partial charge in [-0.1, -0.05) is 54.0 Å². The van der Waals surface area contributed by atoms with E-state index in [4.69, 9.17) is 12.6 Å². The number of carbonyl (C=O) groups is 2. The summed E-state index contributed by atoms with van der Waals surface area (Å²) in [5.74, 6) is 0.885. The lowest BCUT2D eigenvalue weighted by Gasteiger charge is -2.33. The third kappa shape index (κ3) is 5.89. The summed E-state index contributed by atoms with van der Waals surface area (Å²) in [5, 5.41) is 3.89. The van der Waals surface area contributed by atoms with Crippen molar-refractivity contribution in [1.82, 2.24) is 20.2 Å². The van der Waals surface area contributed by atoms with Gasteiger partial charge >= 0.3 is 6.09 Å². The lowest BCUT2D eigenvalue weighted by molar-refractivity contribution is 0.0700. The van der Waals surface area contributed by atoms with Crippen LogP contribution in [-0.2, 0) is 24.3 Å². The van der Waals surface area contributed by atoms with Gasteiger partial charge in [-0.05, 0) is 60.6 Å². The summed E-state index contributed by atoms with van der Waals surface area (Å²) in [7, 11) is 6.15. The molecule has 6 rings (SSSR count). The van der Waals surface area contributed by atoms with Crippen molar-refractivity contribution in [2.75, 3.05) is 24.5 Å². The first-order valence-electron chi connectivity index (χ1n) is 14.1. The van der Waals surface area contributed by atoms with Crippen LogP contribution in [0, 0.1) is 6.92 Å². The number of aromatic nitrogens is 2. The van der Waals surface area contributed by atoms with Crippen LogP contribution in [0.2, 0.25) is 0 Å². The van der Waals surface area contributed by atoms with Gasteiger partial charge in [0.25, 0.3) is 5.91 Å². The number of nitrogens with zero attached hydrogens (tertiary/aromatic N) is 4. The first-order chi connectivity index (χ1) is 19.9. The largest absolute Gasteiger partial charge is 0.445 e. The Balaban J connectivity index is 1.08. The topological polar surface area (TPSA) is 87.7 Å². The van der Waals surface area contributed by atoms with Crippen molar-refractivity contribution in [2.45, 2.75) is 45.4 Å². The maximum atomic E-state index is 13.4. The number of hydrogen-bond donors (Lipinski definition) is 1. The van der Waals surface area contributed by atoms with E-state index in [2.05, 4.69) is 26.3 Å². The summed E-state index contributed by atoms with van der Waals surface area (Å²) in [6.07, 6.45) is 3.43. The number of amides is 2. The molecular weight excluding hydrogens is 513 g/mol. The van der Waals surface area contributed by atoms with Gasteiger partial charge in [0.15, 0.2) is 0 Å². The molecule has 2 amide bonds. The Kier molecular flexibility index (Phi) is 7.59. The first-order valence-corrected chi connectivity index (χ1v) is 14.1. The zero-order valence-corrected chi connectivity index (χ0v) is 23.2. The fourth-order valence-electron chi connectivity index (χ4n) is 5.82. The Morgan fingerprint density at radius 1 is 1.00 bits per heavy atom. The van der Waals surface area contributed by atoms with Crippen molar-refractivity contribution >= 4 is 42.0 Å². The third-order valence-corrected chi connectivity index (χ3v) is 8.01. The van der Waals surface area contributed by atoms with Crippen molar-refractivity contribution in [3.8, 4) is 0 Å². The molecule has 2 aliphatic heterocycles. The summed E-state index contributed by atoms with van der Waals surface area (Å²) in [6.45, 7) is 4.90. The fourth-order valence-corrected chi connectivity index (χ4v) is 5.82. The van der Waals surface area contributed by atoms with Crippen LogP contribution in [0.1, 0.15) is 45.5 Å². The first kappa shape index (κ1) is 26.8. The highest BCUT2D eigenvalue weighted by molar-refractivity contribution is 6.33. The number of aryl methyl sites for hydroxylation is 1. The SMILES string of the molecule is [B]c1cc(C)c2ncnc(N3CCc4ccc(C(=O)N5CCC(NC(=O)OCc6ccccc6)CC5)cc4C3)c2c1. The molecule has 2 aliphatic rings. The quantitative estimate of drug-likeness (QED) is 0.384. The summed E-state index contributed by atoms with van der Waals surface area (Å²) in [6, 6.07) is 19.5. The van der Waals surface area contributed by atoms with Gasteiger partial charge in [0.1, 0.15) is 26.6 Å². The minimum absolute atomic E-state index is 0.0141. The molecule has 1 N–H and O–H groups in total. The Morgan fingerprint density at radius 2 is 1.80 bits per heavy atom. The molecule has 1 fully saturated rings. The zero-order chi connectivity index (χ0) is 28.3. The Morgan fingerprint density at radius 3 is 2.61 bits per heavy atom. The lowest BCUT2D eigenvalue weighted by Crippen LogP contribution is -2.46. The number of nitrogens with one attached hydrogen (secondary N) is 1. The second-order valence-corrected chi connectivity index (χ2v) is 10.9. The summed E-state index contributed by atoms with van der Waals surface area (Å²) in [5.41, 5.74) is 6.64. The summed E-state index contributed by atoms with van der Waals surface area (Å²) >= 11 is 0. The molecule has 0 unspecified atom stereocenters. The van der Waals surface area contributed by atoms with Crippen molar-refractivity contribution in [3.63, 3.8) is 0 Å². The van der Waals surface area contributed by atoms with Crippen LogP contribution in [0.15, 0.2) is 67.0 Å². The van der Waals surface area contributed by atoms with Gasteiger partial charge < -0.3 is 19.9 Å². The van der Waals surface area contributed by atoms with Crippen LogP contribution < -0.4 is 15.7 Å². The second kappa shape index (κ2) is 11.6. The number of carbonyl (C=O) groups excluding carboxylic acids is 2. The van der Waals surface area contributed by atoms with Gasteiger partial charge in [-0.2, -0.15) is 0 Å². The number of hydrogen-bond acceptors (Lipinski definition) is 6. The predicted octanol–water partition coefficient (Wildman–Crippen LogP) is 3.83. The van der Waals surface area contributed by atoms with Crippen LogP contribution in [0.5, 0.6) is 0 Å². The molecule has 9 heteroatoms. The van der Waals surface area contributed by atoms with E-state index in [9.17, 15) is 9.59 Å². The molecule has 1 saturated heterocycles. The van der Waals surface area contributed by atoms with Crippen LogP contribution in [0.25, 0.3) is 10.9 Å². The van der Waals surface area contributed by atoms with Gasteiger partial charge in [0.05, 0.1) is 5.52 Å². The summed E-state index contributed by atoms with van der Waals surface area (Å²) < 4.78 is 5.35. The number of benzene rings is 3. The molecule has 0 saturated carbocycles. The molecule has 4 aromatic rings. The van der Waals surface area contributed by atoms with E-state index < -0.39 is 6.09 Å². The van der Waals surface area contributed by atoms with Crippen molar-refractivity contribution < 1.29 is 14.3 Å². The predicted molar refractivity (Wildman–Crippen MR) is 160 cm³/mol. The van der Waals surface area contributed by atoms with Gasteiger partial charge in [0, 0.05) is 43.2 Å². The number of rotatable bonds is 5. The lowest BCUT2D eigenvalue weighted by atomic mass is 9.92. The average molecular weight is 545 g/mol. The molecule has 0 atom stereocenters. The number of piperidine rings is 1. The van der Waals surface area contributed by atoms with Gasteiger partial charge in [0.2, 0.25) is 0 Å². The standard InChI is InChI=1S/C32H32BN5O3/c1-21-15-26(33)17-28-29(21)34-20-35-30(28)38-12-9-23-7-8-24(16-25(23)18-38)31(39)37-13-10-27(11-14-37)36-32(40)41-19-22-5-3-2-4-6-22/h2-8,15-17,20,27H,9-14,18-19H2,1H3,(H,36,40). The highest BCUT2D eigenvalue weighted by Crippen LogP contribution is 2.30. The third-order valence-electron chi connectivity index (χ3n) is 8.01. The fraction of sp³-hybridized carbons (Fsp3) is 0.312. The highest BCUT2D eigenvalue weighted by atomic mass is 16.5. The summed E-state index contributed by atoms with van der Waals surface area (Å²) in [4.78, 5) is 38.9.